The molecule has 6 aromatic carbocycles. The lowest BCUT2D eigenvalue weighted by Crippen LogP contribution is -1.92. The highest BCUT2D eigenvalue weighted by Crippen LogP contribution is 2.38. The summed E-state index contributed by atoms with van der Waals surface area (Å²) in [5.74, 6) is 0. The number of hydrogen-bond acceptors (Lipinski definition) is 3. The van der Waals surface area contributed by atoms with Crippen LogP contribution in [0.25, 0.3) is 88.2 Å². The number of benzene rings is 6. The van der Waals surface area contributed by atoms with E-state index in [1.54, 1.807) is 18.6 Å². The summed E-state index contributed by atoms with van der Waals surface area (Å²) in [6.07, 6.45) is 7.27. The van der Waals surface area contributed by atoms with Crippen molar-refractivity contribution < 1.29 is 0 Å². The van der Waals surface area contributed by atoms with Gasteiger partial charge in [0.2, 0.25) is 0 Å². The van der Waals surface area contributed by atoms with Crippen LogP contribution < -0.4 is 0 Å². The summed E-state index contributed by atoms with van der Waals surface area (Å²) < 4.78 is 0. The van der Waals surface area contributed by atoms with E-state index in [1.807, 2.05) is 24.4 Å². The normalized spacial score (nSPS) is 11.3. The molecule has 0 amide bonds. The molecule has 3 nitrogen and oxygen atoms in total. The molecule has 224 valence electrons. The maximum absolute atomic E-state index is 5.01. The van der Waals surface area contributed by atoms with E-state index in [0.29, 0.717) is 0 Å². The monoisotopic (exact) mass is 611 g/mol. The second-order valence-corrected chi connectivity index (χ2v) is 12.1. The number of rotatable bonds is 5. The van der Waals surface area contributed by atoms with Gasteiger partial charge in [0.15, 0.2) is 0 Å². The van der Waals surface area contributed by atoms with Gasteiger partial charge in [-0.05, 0) is 120 Å². The third-order valence-electron chi connectivity index (χ3n) is 9.23. The minimum Gasteiger partial charge on any atom is -0.265 e. The van der Waals surface area contributed by atoms with Gasteiger partial charge in [-0.1, -0.05) is 97.1 Å². The molecule has 0 radical (unpaired) electrons. The zero-order chi connectivity index (χ0) is 31.9. The van der Waals surface area contributed by atoms with Gasteiger partial charge in [-0.15, -0.1) is 0 Å². The highest BCUT2D eigenvalue weighted by Gasteiger charge is 2.12. The first-order valence-corrected chi connectivity index (χ1v) is 16.2. The van der Waals surface area contributed by atoms with Gasteiger partial charge in [-0.2, -0.15) is 0 Å². The molecule has 3 heterocycles. The van der Waals surface area contributed by atoms with Gasteiger partial charge >= 0.3 is 0 Å². The van der Waals surface area contributed by atoms with Gasteiger partial charge in [0.1, 0.15) is 0 Å². The fourth-order valence-corrected chi connectivity index (χ4v) is 6.87. The van der Waals surface area contributed by atoms with Crippen molar-refractivity contribution in [2.45, 2.75) is 0 Å². The Morgan fingerprint density at radius 2 is 0.771 bits per heavy atom. The first-order chi connectivity index (χ1) is 23.8. The van der Waals surface area contributed by atoms with Crippen LogP contribution in [0, 0.1) is 0 Å². The lowest BCUT2D eigenvalue weighted by molar-refractivity contribution is 1.27. The second-order valence-electron chi connectivity index (χ2n) is 12.1. The summed E-state index contributed by atoms with van der Waals surface area (Å²) in [5.41, 5.74) is 10.8. The van der Waals surface area contributed by atoms with Crippen LogP contribution in [0.1, 0.15) is 0 Å². The highest BCUT2D eigenvalue weighted by atomic mass is 14.7. The Kier molecular flexibility index (Phi) is 6.80. The third-order valence-corrected chi connectivity index (χ3v) is 9.23. The van der Waals surface area contributed by atoms with E-state index in [1.165, 1.54) is 49.0 Å². The highest BCUT2D eigenvalue weighted by molar-refractivity contribution is 6.25. The molecule has 0 saturated carbocycles. The van der Waals surface area contributed by atoms with E-state index >= 15 is 0 Å². The number of pyridine rings is 3. The lowest BCUT2D eigenvalue weighted by atomic mass is 9.91. The van der Waals surface area contributed by atoms with Crippen molar-refractivity contribution in [2.24, 2.45) is 0 Å². The predicted octanol–water partition coefficient (Wildman–Crippen LogP) is 11.7. The molecule has 0 aliphatic carbocycles. The van der Waals surface area contributed by atoms with Crippen LogP contribution in [-0.4, -0.2) is 15.0 Å². The Morgan fingerprint density at radius 1 is 0.271 bits per heavy atom. The van der Waals surface area contributed by atoms with Crippen LogP contribution >= 0.6 is 0 Å². The van der Waals surface area contributed by atoms with Gasteiger partial charge in [-0.3, -0.25) is 9.97 Å². The Bertz CT molecular complexity index is 2520. The van der Waals surface area contributed by atoms with Crippen LogP contribution in [0.4, 0.5) is 0 Å². The van der Waals surface area contributed by atoms with E-state index < -0.39 is 0 Å². The average molecular weight is 612 g/mol. The van der Waals surface area contributed by atoms with Gasteiger partial charge in [-0.25, -0.2) is 4.98 Å². The summed E-state index contributed by atoms with van der Waals surface area (Å²) >= 11 is 0. The quantitative estimate of drug-likeness (QED) is 0.182. The SMILES string of the molecule is c1cc(-c2cccc(-c3ccc4c5ccccc5c5ccccc5c4c3)c2)cc(-c2cc(-c3ccncc3)nc(-c3cccnc3)c2)c1. The molecule has 9 rings (SSSR count). The zero-order valence-corrected chi connectivity index (χ0v) is 26.1. The third kappa shape index (κ3) is 4.99. The van der Waals surface area contributed by atoms with Crippen molar-refractivity contribution in [1.82, 2.24) is 15.0 Å². The van der Waals surface area contributed by atoms with Crippen molar-refractivity contribution in [3.05, 3.63) is 176 Å². The minimum absolute atomic E-state index is 0.886. The molecular formula is C45H29N3. The molecule has 9 aromatic rings. The average Bonchev–Trinajstić information content (AvgIpc) is 3.18. The van der Waals surface area contributed by atoms with E-state index in [9.17, 15) is 0 Å². The van der Waals surface area contributed by atoms with Crippen LogP contribution in [0.3, 0.4) is 0 Å². The molecule has 0 N–H and O–H groups in total. The second kappa shape index (κ2) is 11.7. The van der Waals surface area contributed by atoms with Crippen molar-refractivity contribution in [1.29, 1.82) is 0 Å². The summed E-state index contributed by atoms with van der Waals surface area (Å²) in [5, 5.41) is 7.72. The molecule has 3 aromatic heterocycles. The van der Waals surface area contributed by atoms with E-state index in [2.05, 4.69) is 143 Å². The molecule has 3 heteroatoms. The van der Waals surface area contributed by atoms with Crippen LogP contribution in [-0.2, 0) is 0 Å². The smallest absolute Gasteiger partial charge is 0.0731 e. The Hall–Kier alpha value is -6.45. The summed E-state index contributed by atoms with van der Waals surface area (Å²) in [4.78, 5) is 13.6. The first kappa shape index (κ1) is 27.8. The molecule has 0 aliphatic rings. The van der Waals surface area contributed by atoms with Gasteiger partial charge in [0.05, 0.1) is 11.4 Å². The summed E-state index contributed by atoms with van der Waals surface area (Å²) in [6, 6.07) is 54.3. The summed E-state index contributed by atoms with van der Waals surface area (Å²) in [6.45, 7) is 0. The molecule has 0 fully saturated rings. The van der Waals surface area contributed by atoms with Crippen LogP contribution in [0.5, 0.6) is 0 Å². The number of hydrogen-bond donors (Lipinski definition) is 0. The van der Waals surface area contributed by atoms with E-state index in [0.717, 1.165) is 39.2 Å². The Morgan fingerprint density at radius 3 is 1.35 bits per heavy atom. The number of nitrogens with zero attached hydrogens (tertiary/aromatic N) is 3. The van der Waals surface area contributed by atoms with Gasteiger partial charge < -0.3 is 0 Å². The molecule has 0 aliphatic heterocycles. The maximum Gasteiger partial charge on any atom is 0.0731 e. The van der Waals surface area contributed by atoms with Crippen LogP contribution in [0.2, 0.25) is 0 Å². The molecule has 0 bridgehead atoms. The molecule has 48 heavy (non-hydrogen) atoms. The van der Waals surface area contributed by atoms with Crippen molar-refractivity contribution >= 4 is 32.3 Å². The van der Waals surface area contributed by atoms with Crippen molar-refractivity contribution in [3.63, 3.8) is 0 Å². The largest absolute Gasteiger partial charge is 0.265 e. The van der Waals surface area contributed by atoms with Crippen molar-refractivity contribution in [2.75, 3.05) is 0 Å². The predicted molar refractivity (Wildman–Crippen MR) is 200 cm³/mol. The maximum atomic E-state index is 5.01. The minimum atomic E-state index is 0.886. The Balaban J connectivity index is 1.14. The first-order valence-electron chi connectivity index (χ1n) is 16.2. The van der Waals surface area contributed by atoms with Gasteiger partial charge in [0, 0.05) is 35.9 Å². The van der Waals surface area contributed by atoms with E-state index in [4.69, 9.17) is 4.98 Å². The fourth-order valence-electron chi connectivity index (χ4n) is 6.87. The molecular weight excluding hydrogens is 583 g/mol. The van der Waals surface area contributed by atoms with Gasteiger partial charge in [0.25, 0.3) is 0 Å². The Labute approximate surface area is 278 Å². The van der Waals surface area contributed by atoms with Crippen molar-refractivity contribution in [3.8, 4) is 55.9 Å². The molecule has 0 spiro atoms. The fraction of sp³-hybridized carbons (Fsp3) is 0. The topological polar surface area (TPSA) is 38.7 Å². The van der Waals surface area contributed by atoms with Crippen LogP contribution in [0.15, 0.2) is 176 Å². The van der Waals surface area contributed by atoms with E-state index in [-0.39, 0.29) is 0 Å². The lowest BCUT2D eigenvalue weighted by Gasteiger charge is -2.13. The molecule has 0 unspecified atom stereocenters. The number of fused-ring (bicyclic) bond motifs is 6. The number of aromatic nitrogens is 3. The zero-order valence-electron chi connectivity index (χ0n) is 26.1. The molecule has 0 atom stereocenters. The molecule has 0 saturated heterocycles. The standard InChI is InChI=1S/C45H29N3/c1-2-15-40-38(13-1)39-14-3-4-16-41(39)43-26-35(17-18-42(40)43)33-10-5-8-31(24-33)32-9-6-11-34(25-32)37-27-44(30-19-22-46-23-20-30)48-45(28-37)36-12-7-21-47-29-36/h1-29H. The summed E-state index contributed by atoms with van der Waals surface area (Å²) in [7, 11) is 0.